The van der Waals surface area contributed by atoms with Crippen molar-refractivity contribution in [3.63, 3.8) is 0 Å². The number of amides is 1. The number of hydrogen-bond acceptors (Lipinski definition) is 5. The summed E-state index contributed by atoms with van der Waals surface area (Å²) in [5, 5.41) is 12.4. The van der Waals surface area contributed by atoms with Crippen LogP contribution in [0.3, 0.4) is 0 Å². The van der Waals surface area contributed by atoms with Gasteiger partial charge in [-0.15, -0.1) is 6.58 Å². The van der Waals surface area contributed by atoms with Crippen LogP contribution in [0.4, 0.5) is 0 Å². The van der Waals surface area contributed by atoms with Gasteiger partial charge in [-0.25, -0.2) is 4.98 Å². The van der Waals surface area contributed by atoms with Crippen molar-refractivity contribution in [2.24, 2.45) is 0 Å². The van der Waals surface area contributed by atoms with Crippen LogP contribution in [0.2, 0.25) is 0 Å². The molecule has 0 saturated heterocycles. The van der Waals surface area contributed by atoms with Gasteiger partial charge in [-0.2, -0.15) is 0 Å². The van der Waals surface area contributed by atoms with Gasteiger partial charge in [0.25, 0.3) is 5.56 Å². The smallest absolute Gasteiger partial charge is 0.262 e. The predicted molar refractivity (Wildman–Crippen MR) is 96.2 cm³/mol. The van der Waals surface area contributed by atoms with Crippen LogP contribution in [-0.2, 0) is 11.3 Å². The van der Waals surface area contributed by atoms with Gasteiger partial charge in [0.05, 0.1) is 16.2 Å². The van der Waals surface area contributed by atoms with Gasteiger partial charge < -0.3 is 10.4 Å². The molecule has 0 saturated carbocycles. The lowest BCUT2D eigenvalue weighted by molar-refractivity contribution is -0.120. The SMILES string of the molecule is C=CCNC(=O)[C@@H](C)Sc1nc2ccccc2c(=O)n1CCCO. The monoisotopic (exact) mass is 347 g/mol. The third-order valence-corrected chi connectivity index (χ3v) is 4.53. The number of fused-ring (bicyclic) bond motifs is 1. The van der Waals surface area contributed by atoms with Crippen molar-refractivity contribution in [1.82, 2.24) is 14.9 Å². The van der Waals surface area contributed by atoms with Gasteiger partial charge in [-0.05, 0) is 25.5 Å². The van der Waals surface area contributed by atoms with E-state index in [1.807, 2.05) is 6.07 Å². The zero-order valence-electron chi connectivity index (χ0n) is 13.6. The highest BCUT2D eigenvalue weighted by atomic mass is 32.2. The molecule has 2 rings (SSSR count). The van der Waals surface area contributed by atoms with E-state index in [1.165, 1.54) is 16.3 Å². The Hall–Kier alpha value is -2.12. The van der Waals surface area contributed by atoms with E-state index in [1.54, 1.807) is 31.2 Å². The second kappa shape index (κ2) is 8.65. The van der Waals surface area contributed by atoms with Gasteiger partial charge in [0.2, 0.25) is 5.91 Å². The molecular formula is C17H21N3O3S. The summed E-state index contributed by atoms with van der Waals surface area (Å²) in [4.78, 5) is 29.3. The number of benzene rings is 1. The lowest BCUT2D eigenvalue weighted by Crippen LogP contribution is -2.32. The molecular weight excluding hydrogens is 326 g/mol. The lowest BCUT2D eigenvalue weighted by atomic mass is 10.2. The third-order valence-electron chi connectivity index (χ3n) is 3.44. The van der Waals surface area contributed by atoms with Gasteiger partial charge >= 0.3 is 0 Å². The Morgan fingerprint density at radius 3 is 2.96 bits per heavy atom. The zero-order valence-corrected chi connectivity index (χ0v) is 14.4. The lowest BCUT2D eigenvalue weighted by Gasteiger charge is -2.15. The number of aliphatic hydroxyl groups is 1. The molecule has 7 heteroatoms. The van der Waals surface area contributed by atoms with Crippen LogP contribution in [0.15, 0.2) is 46.9 Å². The fraction of sp³-hybridized carbons (Fsp3) is 0.353. The maximum absolute atomic E-state index is 12.7. The van der Waals surface area contributed by atoms with Gasteiger partial charge in [0.15, 0.2) is 5.16 Å². The predicted octanol–water partition coefficient (Wildman–Crippen LogP) is 1.56. The van der Waals surface area contributed by atoms with Crippen molar-refractivity contribution >= 4 is 28.6 Å². The summed E-state index contributed by atoms with van der Waals surface area (Å²) in [7, 11) is 0. The summed E-state index contributed by atoms with van der Waals surface area (Å²) in [5.41, 5.74) is 0.444. The van der Waals surface area contributed by atoms with E-state index in [4.69, 9.17) is 5.11 Å². The standard InChI is InChI=1S/C17H21N3O3S/c1-3-9-18-15(22)12(2)24-17-19-14-8-5-4-7-13(14)16(23)20(17)10-6-11-21/h3-5,7-8,12,21H,1,6,9-11H2,2H3,(H,18,22)/t12-/m1/s1. The number of thioether (sulfide) groups is 1. The molecule has 0 spiro atoms. The van der Waals surface area contributed by atoms with E-state index >= 15 is 0 Å². The van der Waals surface area contributed by atoms with Crippen molar-refractivity contribution in [3.8, 4) is 0 Å². The molecule has 1 atom stereocenters. The first-order valence-electron chi connectivity index (χ1n) is 7.74. The molecule has 1 amide bonds. The Morgan fingerprint density at radius 2 is 2.25 bits per heavy atom. The Labute approximate surface area is 144 Å². The Kier molecular flexibility index (Phi) is 6.57. The molecule has 24 heavy (non-hydrogen) atoms. The average molecular weight is 347 g/mol. The molecule has 2 aromatic rings. The normalized spacial score (nSPS) is 12.1. The average Bonchev–Trinajstić information content (AvgIpc) is 2.59. The van der Waals surface area contributed by atoms with Crippen molar-refractivity contribution in [3.05, 3.63) is 47.3 Å². The van der Waals surface area contributed by atoms with E-state index in [-0.39, 0.29) is 18.1 Å². The summed E-state index contributed by atoms with van der Waals surface area (Å²) in [6.07, 6.45) is 2.06. The number of hydrogen-bond donors (Lipinski definition) is 2. The Balaban J connectivity index is 2.37. The summed E-state index contributed by atoms with van der Waals surface area (Å²) in [6, 6.07) is 7.12. The quantitative estimate of drug-likeness (QED) is 0.430. The minimum absolute atomic E-state index is 0.0151. The minimum atomic E-state index is -0.404. The first-order valence-corrected chi connectivity index (χ1v) is 8.62. The minimum Gasteiger partial charge on any atom is -0.396 e. The number of para-hydroxylation sites is 1. The molecule has 0 aliphatic rings. The molecule has 128 valence electrons. The van der Waals surface area contributed by atoms with E-state index in [2.05, 4.69) is 16.9 Å². The summed E-state index contributed by atoms with van der Waals surface area (Å²) in [6.45, 7) is 6.07. The molecule has 1 aromatic carbocycles. The zero-order chi connectivity index (χ0) is 17.5. The second-order valence-electron chi connectivity index (χ2n) is 5.24. The van der Waals surface area contributed by atoms with Crippen LogP contribution >= 0.6 is 11.8 Å². The van der Waals surface area contributed by atoms with E-state index in [0.29, 0.717) is 35.6 Å². The number of carbonyl (C=O) groups excluding carboxylic acids is 1. The first kappa shape index (κ1) is 18.2. The molecule has 2 N–H and O–H groups in total. The van der Waals surface area contributed by atoms with Crippen LogP contribution in [0.25, 0.3) is 10.9 Å². The maximum Gasteiger partial charge on any atom is 0.262 e. The molecule has 0 fully saturated rings. The number of rotatable bonds is 8. The van der Waals surface area contributed by atoms with Crippen LogP contribution in [-0.4, -0.2) is 39.0 Å². The van der Waals surface area contributed by atoms with Gasteiger partial charge in [-0.3, -0.25) is 14.2 Å². The fourth-order valence-electron chi connectivity index (χ4n) is 2.19. The molecule has 6 nitrogen and oxygen atoms in total. The van der Waals surface area contributed by atoms with Crippen molar-refractivity contribution in [1.29, 1.82) is 0 Å². The molecule has 0 bridgehead atoms. The molecule has 1 heterocycles. The van der Waals surface area contributed by atoms with E-state index in [9.17, 15) is 9.59 Å². The maximum atomic E-state index is 12.7. The van der Waals surface area contributed by atoms with E-state index < -0.39 is 5.25 Å². The summed E-state index contributed by atoms with van der Waals surface area (Å²) >= 11 is 1.23. The molecule has 0 aliphatic heterocycles. The van der Waals surface area contributed by atoms with Crippen molar-refractivity contribution in [2.45, 2.75) is 30.3 Å². The summed E-state index contributed by atoms with van der Waals surface area (Å²) in [5.74, 6) is -0.143. The molecule has 0 radical (unpaired) electrons. The van der Waals surface area contributed by atoms with Gasteiger partial charge in [0, 0.05) is 19.7 Å². The highest BCUT2D eigenvalue weighted by Crippen LogP contribution is 2.22. The number of aliphatic hydroxyl groups excluding tert-OH is 1. The topological polar surface area (TPSA) is 84.2 Å². The van der Waals surface area contributed by atoms with Gasteiger partial charge in [0.1, 0.15) is 0 Å². The van der Waals surface area contributed by atoms with Crippen molar-refractivity contribution in [2.75, 3.05) is 13.2 Å². The van der Waals surface area contributed by atoms with Gasteiger partial charge in [-0.1, -0.05) is 30.0 Å². The van der Waals surface area contributed by atoms with E-state index in [0.717, 1.165) is 0 Å². The van der Waals surface area contributed by atoms with Crippen LogP contribution in [0.1, 0.15) is 13.3 Å². The highest BCUT2D eigenvalue weighted by Gasteiger charge is 2.18. The van der Waals surface area contributed by atoms with Crippen LogP contribution < -0.4 is 10.9 Å². The largest absolute Gasteiger partial charge is 0.396 e. The molecule has 0 unspecified atom stereocenters. The molecule has 0 aliphatic carbocycles. The first-order chi connectivity index (χ1) is 11.6. The van der Waals surface area contributed by atoms with Crippen LogP contribution in [0, 0.1) is 0 Å². The third kappa shape index (κ3) is 4.24. The van der Waals surface area contributed by atoms with Crippen LogP contribution in [0.5, 0.6) is 0 Å². The number of nitrogens with zero attached hydrogens (tertiary/aromatic N) is 2. The Morgan fingerprint density at radius 1 is 1.50 bits per heavy atom. The van der Waals surface area contributed by atoms with Crippen molar-refractivity contribution < 1.29 is 9.90 Å². The number of nitrogens with one attached hydrogen (secondary N) is 1. The fourth-order valence-corrected chi connectivity index (χ4v) is 3.15. The highest BCUT2D eigenvalue weighted by molar-refractivity contribution is 8.00. The number of carbonyl (C=O) groups is 1. The molecule has 1 aromatic heterocycles. The number of aromatic nitrogens is 2. The second-order valence-corrected chi connectivity index (χ2v) is 6.55. The summed E-state index contributed by atoms with van der Waals surface area (Å²) < 4.78 is 1.53. The Bertz CT molecular complexity index is 788.